The standard InChI is InChI=1S/C12H21N/c1-3-4-9-13-10-12-8-6-5-7-11(12)2/h7-8,13H,3-6,9-10H2,1-2H3. The summed E-state index contributed by atoms with van der Waals surface area (Å²) in [5, 5.41) is 3.48. The lowest BCUT2D eigenvalue weighted by molar-refractivity contribution is 0.670. The zero-order chi connectivity index (χ0) is 9.52. The lowest BCUT2D eigenvalue weighted by Crippen LogP contribution is -2.19. The highest BCUT2D eigenvalue weighted by molar-refractivity contribution is 5.32. The number of allylic oxidation sites excluding steroid dienone is 2. The molecule has 0 saturated carbocycles. The molecule has 74 valence electrons. The third kappa shape index (κ3) is 3.77. The Balaban J connectivity index is 2.20. The van der Waals surface area contributed by atoms with Crippen molar-refractivity contribution in [2.24, 2.45) is 0 Å². The fourth-order valence-electron chi connectivity index (χ4n) is 1.59. The van der Waals surface area contributed by atoms with Gasteiger partial charge in [-0.05, 0) is 38.3 Å². The van der Waals surface area contributed by atoms with Crippen LogP contribution in [-0.2, 0) is 0 Å². The molecule has 0 spiro atoms. The van der Waals surface area contributed by atoms with Crippen molar-refractivity contribution in [2.45, 2.75) is 39.5 Å². The van der Waals surface area contributed by atoms with Crippen LogP contribution < -0.4 is 5.32 Å². The van der Waals surface area contributed by atoms with Crippen LogP contribution in [0.25, 0.3) is 0 Å². The number of hydrogen-bond acceptors (Lipinski definition) is 1. The maximum atomic E-state index is 3.48. The van der Waals surface area contributed by atoms with E-state index in [4.69, 9.17) is 0 Å². The van der Waals surface area contributed by atoms with Gasteiger partial charge < -0.3 is 5.32 Å². The molecule has 0 unspecified atom stereocenters. The van der Waals surface area contributed by atoms with Gasteiger partial charge in [0.1, 0.15) is 0 Å². The number of hydrogen-bond donors (Lipinski definition) is 1. The second kappa shape index (κ2) is 5.98. The largest absolute Gasteiger partial charge is 0.313 e. The smallest absolute Gasteiger partial charge is 0.0204 e. The quantitative estimate of drug-likeness (QED) is 0.640. The predicted octanol–water partition coefficient (Wildman–Crippen LogP) is 3.04. The Morgan fingerprint density at radius 1 is 1.31 bits per heavy atom. The van der Waals surface area contributed by atoms with Crippen molar-refractivity contribution in [3.8, 4) is 0 Å². The molecule has 0 aromatic rings. The summed E-state index contributed by atoms with van der Waals surface area (Å²) in [7, 11) is 0. The molecule has 0 aliphatic heterocycles. The van der Waals surface area contributed by atoms with Gasteiger partial charge in [0.15, 0.2) is 0 Å². The third-order valence-electron chi connectivity index (χ3n) is 2.54. The van der Waals surface area contributed by atoms with Crippen molar-refractivity contribution in [1.82, 2.24) is 5.32 Å². The summed E-state index contributed by atoms with van der Waals surface area (Å²) in [6.45, 7) is 6.66. The van der Waals surface area contributed by atoms with E-state index in [0.29, 0.717) is 0 Å². The van der Waals surface area contributed by atoms with E-state index in [-0.39, 0.29) is 0 Å². The number of unbranched alkanes of at least 4 members (excludes halogenated alkanes) is 1. The average Bonchev–Trinajstić information content (AvgIpc) is 2.15. The van der Waals surface area contributed by atoms with Crippen LogP contribution in [-0.4, -0.2) is 13.1 Å². The van der Waals surface area contributed by atoms with Crippen LogP contribution in [0, 0.1) is 0 Å². The molecule has 0 saturated heterocycles. The molecule has 1 aliphatic carbocycles. The van der Waals surface area contributed by atoms with Gasteiger partial charge in [-0.3, -0.25) is 0 Å². The molecule has 1 N–H and O–H groups in total. The Labute approximate surface area is 81.9 Å². The Hall–Kier alpha value is -0.560. The van der Waals surface area contributed by atoms with Crippen molar-refractivity contribution in [2.75, 3.05) is 13.1 Å². The Bertz CT molecular complexity index is 201. The number of nitrogens with one attached hydrogen (secondary N) is 1. The highest BCUT2D eigenvalue weighted by Gasteiger charge is 2.02. The summed E-state index contributed by atoms with van der Waals surface area (Å²) < 4.78 is 0. The summed E-state index contributed by atoms with van der Waals surface area (Å²) in [5.41, 5.74) is 2.97. The van der Waals surface area contributed by atoms with Crippen LogP contribution in [0.4, 0.5) is 0 Å². The van der Waals surface area contributed by atoms with Crippen LogP contribution in [0.1, 0.15) is 39.5 Å². The van der Waals surface area contributed by atoms with E-state index in [1.807, 2.05) is 0 Å². The molecule has 0 aromatic carbocycles. The zero-order valence-electron chi connectivity index (χ0n) is 8.90. The van der Waals surface area contributed by atoms with Gasteiger partial charge in [0.05, 0.1) is 0 Å². The van der Waals surface area contributed by atoms with Crippen molar-refractivity contribution in [1.29, 1.82) is 0 Å². The molecular formula is C12H21N. The topological polar surface area (TPSA) is 12.0 Å². The first kappa shape index (κ1) is 10.5. The van der Waals surface area contributed by atoms with Gasteiger partial charge >= 0.3 is 0 Å². The van der Waals surface area contributed by atoms with Crippen molar-refractivity contribution in [3.05, 3.63) is 23.3 Å². The van der Waals surface area contributed by atoms with Gasteiger partial charge in [-0.15, -0.1) is 0 Å². The van der Waals surface area contributed by atoms with Crippen molar-refractivity contribution < 1.29 is 0 Å². The van der Waals surface area contributed by atoms with Crippen LogP contribution in [0.15, 0.2) is 23.3 Å². The SMILES string of the molecule is CCCCNCC1=CCCC=C1C. The molecule has 1 aliphatic rings. The minimum absolute atomic E-state index is 1.06. The molecule has 0 aromatic heterocycles. The summed E-state index contributed by atoms with van der Waals surface area (Å²) in [5.74, 6) is 0. The second-order valence-electron chi connectivity index (χ2n) is 3.72. The Kier molecular flexibility index (Phi) is 4.84. The molecule has 0 atom stereocenters. The Morgan fingerprint density at radius 2 is 2.08 bits per heavy atom. The number of rotatable bonds is 5. The van der Waals surface area contributed by atoms with Crippen LogP contribution in [0.5, 0.6) is 0 Å². The van der Waals surface area contributed by atoms with Gasteiger partial charge in [0.25, 0.3) is 0 Å². The summed E-state index contributed by atoms with van der Waals surface area (Å²) in [6, 6.07) is 0. The summed E-state index contributed by atoms with van der Waals surface area (Å²) in [4.78, 5) is 0. The van der Waals surface area contributed by atoms with E-state index >= 15 is 0 Å². The van der Waals surface area contributed by atoms with E-state index < -0.39 is 0 Å². The second-order valence-corrected chi connectivity index (χ2v) is 3.72. The van der Waals surface area contributed by atoms with Gasteiger partial charge in [-0.1, -0.05) is 31.1 Å². The summed E-state index contributed by atoms with van der Waals surface area (Å²) >= 11 is 0. The van der Waals surface area contributed by atoms with Gasteiger partial charge in [0, 0.05) is 6.54 Å². The highest BCUT2D eigenvalue weighted by atomic mass is 14.8. The Morgan fingerprint density at radius 3 is 2.77 bits per heavy atom. The maximum absolute atomic E-state index is 3.48. The van der Waals surface area contributed by atoms with Gasteiger partial charge in [-0.2, -0.15) is 0 Å². The molecule has 0 fully saturated rings. The monoisotopic (exact) mass is 179 g/mol. The van der Waals surface area contributed by atoms with Gasteiger partial charge in [0.2, 0.25) is 0 Å². The first-order valence-electron chi connectivity index (χ1n) is 5.41. The fourth-order valence-corrected chi connectivity index (χ4v) is 1.59. The molecule has 1 nitrogen and oxygen atoms in total. The maximum Gasteiger partial charge on any atom is 0.0204 e. The molecule has 0 radical (unpaired) electrons. The zero-order valence-corrected chi connectivity index (χ0v) is 8.90. The van der Waals surface area contributed by atoms with Crippen molar-refractivity contribution >= 4 is 0 Å². The molecule has 0 bridgehead atoms. The van der Waals surface area contributed by atoms with Crippen LogP contribution >= 0.6 is 0 Å². The molecular weight excluding hydrogens is 158 g/mol. The van der Waals surface area contributed by atoms with E-state index in [1.54, 1.807) is 0 Å². The first-order valence-corrected chi connectivity index (χ1v) is 5.41. The molecule has 1 heteroatoms. The lowest BCUT2D eigenvalue weighted by atomic mass is 9.99. The molecule has 0 amide bonds. The van der Waals surface area contributed by atoms with E-state index in [2.05, 4.69) is 31.3 Å². The van der Waals surface area contributed by atoms with E-state index in [9.17, 15) is 0 Å². The van der Waals surface area contributed by atoms with Crippen LogP contribution in [0.2, 0.25) is 0 Å². The predicted molar refractivity (Wildman–Crippen MR) is 58.9 cm³/mol. The molecule has 0 heterocycles. The highest BCUT2D eigenvalue weighted by Crippen LogP contribution is 2.16. The average molecular weight is 179 g/mol. The lowest BCUT2D eigenvalue weighted by Gasteiger charge is -2.13. The first-order chi connectivity index (χ1) is 6.34. The van der Waals surface area contributed by atoms with Crippen LogP contribution in [0.3, 0.4) is 0 Å². The van der Waals surface area contributed by atoms with Crippen molar-refractivity contribution in [3.63, 3.8) is 0 Å². The van der Waals surface area contributed by atoms with E-state index in [1.165, 1.54) is 36.8 Å². The normalized spacial score (nSPS) is 16.8. The molecule has 13 heavy (non-hydrogen) atoms. The summed E-state index contributed by atoms with van der Waals surface area (Å²) in [6.07, 6.45) is 9.73. The third-order valence-corrected chi connectivity index (χ3v) is 2.54. The minimum atomic E-state index is 1.06. The van der Waals surface area contributed by atoms with E-state index in [0.717, 1.165) is 13.1 Å². The minimum Gasteiger partial charge on any atom is -0.313 e. The van der Waals surface area contributed by atoms with Gasteiger partial charge in [-0.25, -0.2) is 0 Å². The molecule has 1 rings (SSSR count). The fraction of sp³-hybridized carbons (Fsp3) is 0.667.